The van der Waals surface area contributed by atoms with Crippen LogP contribution in [-0.4, -0.2) is 37.2 Å². The van der Waals surface area contributed by atoms with Gasteiger partial charge in [-0.15, -0.1) is 0 Å². The molecular weight excluding hydrogens is 300 g/mol. The molecule has 0 aliphatic heterocycles. The summed E-state index contributed by atoms with van der Waals surface area (Å²) >= 11 is 6.07. The highest BCUT2D eigenvalue weighted by Crippen LogP contribution is 2.21. The summed E-state index contributed by atoms with van der Waals surface area (Å²) in [6.07, 6.45) is 1.41. The zero-order chi connectivity index (χ0) is 15.2. The van der Waals surface area contributed by atoms with Crippen LogP contribution in [0, 0.1) is 6.92 Å². The summed E-state index contributed by atoms with van der Waals surface area (Å²) in [7, 11) is -3.12. The van der Waals surface area contributed by atoms with E-state index in [9.17, 15) is 8.42 Å². The minimum Gasteiger partial charge on any atom is -0.370 e. The summed E-state index contributed by atoms with van der Waals surface area (Å²) in [5.74, 6) is 1.44. The third kappa shape index (κ3) is 5.22. The van der Waals surface area contributed by atoms with Gasteiger partial charge in [-0.1, -0.05) is 18.5 Å². The molecule has 1 heterocycles. The first-order chi connectivity index (χ1) is 9.39. The first kappa shape index (κ1) is 17.1. The lowest BCUT2D eigenvalue weighted by Crippen LogP contribution is -2.27. The molecule has 0 aromatic carbocycles. The highest BCUT2D eigenvalue weighted by atomic mass is 35.5. The topological polar surface area (TPSA) is 84.0 Å². The second-order valence-corrected chi connectivity index (χ2v) is 6.77. The van der Waals surface area contributed by atoms with E-state index in [1.807, 2.05) is 6.92 Å². The van der Waals surface area contributed by atoms with Crippen molar-refractivity contribution in [3.63, 3.8) is 0 Å². The maximum absolute atomic E-state index is 11.3. The largest absolute Gasteiger partial charge is 0.370 e. The van der Waals surface area contributed by atoms with Crippen molar-refractivity contribution in [1.82, 2.24) is 14.7 Å². The van der Waals surface area contributed by atoms with Crippen molar-refractivity contribution in [2.75, 3.05) is 24.2 Å². The van der Waals surface area contributed by atoms with Gasteiger partial charge in [0, 0.05) is 18.7 Å². The predicted molar refractivity (Wildman–Crippen MR) is 81.7 cm³/mol. The molecule has 1 rings (SSSR count). The van der Waals surface area contributed by atoms with Gasteiger partial charge in [0.2, 0.25) is 10.0 Å². The van der Waals surface area contributed by atoms with Crippen LogP contribution in [0.15, 0.2) is 0 Å². The smallest absolute Gasteiger partial charge is 0.211 e. The molecule has 0 fully saturated rings. The van der Waals surface area contributed by atoms with Gasteiger partial charge >= 0.3 is 0 Å². The highest BCUT2D eigenvalue weighted by molar-refractivity contribution is 7.89. The number of hydrogen-bond acceptors (Lipinski definition) is 5. The molecule has 2 N–H and O–H groups in total. The van der Waals surface area contributed by atoms with Crippen molar-refractivity contribution in [3.8, 4) is 0 Å². The Kier molecular flexibility index (Phi) is 6.64. The number of anilines is 1. The van der Waals surface area contributed by atoms with Gasteiger partial charge in [-0.25, -0.2) is 23.1 Å². The first-order valence-corrected chi connectivity index (χ1v) is 8.66. The number of sulfonamides is 1. The SMILES string of the molecule is CCc1c(Cl)nc(C)nc1NCCCNS(=O)(=O)CC. The Morgan fingerprint density at radius 1 is 1.20 bits per heavy atom. The lowest BCUT2D eigenvalue weighted by molar-refractivity contribution is 0.581. The molecule has 0 amide bonds. The molecule has 0 unspecified atom stereocenters. The molecule has 0 aliphatic rings. The van der Waals surface area contributed by atoms with Gasteiger partial charge in [-0.05, 0) is 26.7 Å². The maximum Gasteiger partial charge on any atom is 0.211 e. The molecule has 0 saturated carbocycles. The fourth-order valence-electron chi connectivity index (χ4n) is 1.65. The molecule has 0 saturated heterocycles. The Hall–Kier alpha value is -0.920. The molecular formula is C12H21ClN4O2S. The van der Waals surface area contributed by atoms with Gasteiger partial charge in [0.15, 0.2) is 0 Å². The number of aryl methyl sites for hydroxylation is 1. The van der Waals surface area contributed by atoms with Crippen molar-refractivity contribution in [1.29, 1.82) is 0 Å². The van der Waals surface area contributed by atoms with Crippen LogP contribution in [0.4, 0.5) is 5.82 Å². The van der Waals surface area contributed by atoms with E-state index >= 15 is 0 Å². The second kappa shape index (κ2) is 7.75. The fraction of sp³-hybridized carbons (Fsp3) is 0.667. The number of halogens is 1. The zero-order valence-electron chi connectivity index (χ0n) is 12.0. The van der Waals surface area contributed by atoms with E-state index in [1.165, 1.54) is 0 Å². The third-order valence-electron chi connectivity index (χ3n) is 2.77. The van der Waals surface area contributed by atoms with Gasteiger partial charge < -0.3 is 5.32 Å². The van der Waals surface area contributed by atoms with Crippen LogP contribution in [0.25, 0.3) is 0 Å². The first-order valence-electron chi connectivity index (χ1n) is 6.63. The standard InChI is InChI=1S/C12H21ClN4O2S/c1-4-10-11(13)16-9(3)17-12(10)14-7-6-8-15-20(18,19)5-2/h15H,4-8H2,1-3H3,(H,14,16,17). The number of hydrogen-bond donors (Lipinski definition) is 2. The molecule has 6 nitrogen and oxygen atoms in total. The number of aromatic nitrogens is 2. The van der Waals surface area contributed by atoms with Crippen molar-refractivity contribution >= 4 is 27.4 Å². The lowest BCUT2D eigenvalue weighted by Gasteiger charge is -2.12. The predicted octanol–water partition coefficient (Wildman–Crippen LogP) is 1.74. The minimum absolute atomic E-state index is 0.0983. The Morgan fingerprint density at radius 3 is 2.50 bits per heavy atom. The molecule has 0 spiro atoms. The van der Waals surface area contributed by atoms with Crippen LogP contribution in [0.2, 0.25) is 5.15 Å². The monoisotopic (exact) mass is 320 g/mol. The Labute approximate surface area is 125 Å². The molecule has 1 aromatic rings. The van der Waals surface area contributed by atoms with Gasteiger partial charge in [-0.3, -0.25) is 0 Å². The molecule has 1 aromatic heterocycles. The van der Waals surface area contributed by atoms with Gasteiger partial charge in [-0.2, -0.15) is 0 Å². The van der Waals surface area contributed by atoms with E-state index in [1.54, 1.807) is 13.8 Å². The van der Waals surface area contributed by atoms with Crippen LogP contribution in [0.5, 0.6) is 0 Å². The Balaban J connectivity index is 2.50. The van der Waals surface area contributed by atoms with Gasteiger partial charge in [0.25, 0.3) is 0 Å². The molecule has 0 bridgehead atoms. The summed E-state index contributed by atoms with van der Waals surface area (Å²) in [4.78, 5) is 8.44. The average molecular weight is 321 g/mol. The fourth-order valence-corrected chi connectivity index (χ4v) is 2.65. The average Bonchev–Trinajstić information content (AvgIpc) is 2.37. The van der Waals surface area contributed by atoms with E-state index in [0.717, 1.165) is 17.8 Å². The van der Waals surface area contributed by atoms with E-state index in [4.69, 9.17) is 11.6 Å². The quantitative estimate of drug-likeness (QED) is 0.563. The molecule has 0 radical (unpaired) electrons. The van der Waals surface area contributed by atoms with Crippen LogP contribution >= 0.6 is 11.6 Å². The summed E-state index contributed by atoms with van der Waals surface area (Å²) in [6, 6.07) is 0. The van der Waals surface area contributed by atoms with Crippen LogP contribution in [-0.2, 0) is 16.4 Å². The van der Waals surface area contributed by atoms with E-state index in [-0.39, 0.29) is 5.75 Å². The lowest BCUT2D eigenvalue weighted by atomic mass is 10.2. The maximum atomic E-state index is 11.3. The summed E-state index contributed by atoms with van der Waals surface area (Å²) in [6.45, 7) is 6.40. The van der Waals surface area contributed by atoms with Gasteiger partial charge in [0.1, 0.15) is 16.8 Å². The summed E-state index contributed by atoms with van der Waals surface area (Å²) in [5.41, 5.74) is 0.881. The number of nitrogens with one attached hydrogen (secondary N) is 2. The highest BCUT2D eigenvalue weighted by Gasteiger charge is 2.09. The van der Waals surface area contributed by atoms with Crippen LogP contribution in [0.3, 0.4) is 0 Å². The second-order valence-electron chi connectivity index (χ2n) is 4.32. The Morgan fingerprint density at radius 2 is 1.90 bits per heavy atom. The van der Waals surface area contributed by atoms with Crippen LogP contribution < -0.4 is 10.0 Å². The summed E-state index contributed by atoms with van der Waals surface area (Å²) in [5, 5.41) is 3.65. The summed E-state index contributed by atoms with van der Waals surface area (Å²) < 4.78 is 25.0. The number of nitrogens with zero attached hydrogens (tertiary/aromatic N) is 2. The molecule has 0 aliphatic carbocycles. The van der Waals surface area contributed by atoms with Gasteiger partial charge in [0.05, 0.1) is 5.75 Å². The number of rotatable bonds is 8. The Bertz CT molecular complexity index is 549. The van der Waals surface area contributed by atoms with Crippen molar-refractivity contribution in [2.45, 2.75) is 33.6 Å². The van der Waals surface area contributed by atoms with Crippen molar-refractivity contribution < 1.29 is 8.42 Å². The van der Waals surface area contributed by atoms with Crippen molar-refractivity contribution in [3.05, 3.63) is 16.5 Å². The molecule has 114 valence electrons. The van der Waals surface area contributed by atoms with Crippen LogP contribution in [0.1, 0.15) is 31.7 Å². The van der Waals surface area contributed by atoms with E-state index < -0.39 is 10.0 Å². The minimum atomic E-state index is -3.12. The van der Waals surface area contributed by atoms with E-state index in [2.05, 4.69) is 20.0 Å². The van der Waals surface area contributed by atoms with Crippen molar-refractivity contribution in [2.24, 2.45) is 0 Å². The normalized spacial score (nSPS) is 11.6. The zero-order valence-corrected chi connectivity index (χ0v) is 13.6. The molecule has 0 atom stereocenters. The molecule has 20 heavy (non-hydrogen) atoms. The third-order valence-corrected chi connectivity index (χ3v) is 4.49. The van der Waals surface area contributed by atoms with E-state index in [0.29, 0.717) is 30.5 Å². The molecule has 8 heteroatoms.